The molecule has 2 unspecified atom stereocenters. The minimum atomic E-state index is -0.0402. The molecule has 0 saturated carbocycles. The monoisotopic (exact) mass is 475 g/mol. The van der Waals surface area contributed by atoms with Crippen LogP contribution in [-0.4, -0.2) is 48.5 Å². The Morgan fingerprint density at radius 2 is 1.74 bits per heavy atom. The number of para-hydroxylation sites is 1. The largest absolute Gasteiger partial charge is 0.373 e. The number of morpholine rings is 1. The number of rotatable bonds is 3. The maximum absolute atomic E-state index is 13.2. The molecule has 0 aliphatic carbocycles. The number of hydrogen-bond acceptors (Lipinski definition) is 4. The third-order valence-corrected chi connectivity index (χ3v) is 5.52. The molecule has 0 bridgehead atoms. The van der Waals surface area contributed by atoms with E-state index in [0.717, 1.165) is 33.6 Å². The van der Waals surface area contributed by atoms with Gasteiger partial charge in [0.25, 0.3) is 5.91 Å². The van der Waals surface area contributed by atoms with Crippen molar-refractivity contribution in [2.45, 2.75) is 26.1 Å². The van der Waals surface area contributed by atoms with Crippen LogP contribution in [-0.2, 0) is 9.53 Å². The minimum absolute atomic E-state index is 0.0402. The van der Waals surface area contributed by atoms with Crippen molar-refractivity contribution in [3.8, 4) is 0 Å². The predicted octanol–water partition coefficient (Wildman–Crippen LogP) is 3.83. The van der Waals surface area contributed by atoms with E-state index in [1.54, 1.807) is 0 Å². The first-order chi connectivity index (χ1) is 13.0. The van der Waals surface area contributed by atoms with Crippen molar-refractivity contribution in [3.05, 3.63) is 57.7 Å². The highest BCUT2D eigenvalue weighted by Crippen LogP contribution is 2.31. The van der Waals surface area contributed by atoms with Crippen molar-refractivity contribution >= 4 is 45.6 Å². The second-order valence-corrected chi connectivity index (χ2v) is 8.37. The number of fused-ring (bicyclic) bond motifs is 1. The number of carbonyl (C=O) groups excluding carboxylic acids is 1. The van der Waals surface area contributed by atoms with Gasteiger partial charge in [0.2, 0.25) is 0 Å². The van der Waals surface area contributed by atoms with Gasteiger partial charge in [-0.2, -0.15) is 0 Å². The van der Waals surface area contributed by atoms with Crippen LogP contribution in [0.3, 0.4) is 0 Å². The molecule has 27 heavy (non-hydrogen) atoms. The van der Waals surface area contributed by atoms with E-state index in [-0.39, 0.29) is 18.1 Å². The van der Waals surface area contributed by atoms with Gasteiger partial charge in [0.15, 0.2) is 0 Å². The Morgan fingerprint density at radius 1 is 1.07 bits per heavy atom. The molecular weight excluding hydrogens is 453 g/mol. The average molecular weight is 475 g/mol. The number of ether oxygens (including phenoxy) is 1. The molecule has 6 heteroatoms. The van der Waals surface area contributed by atoms with Gasteiger partial charge in [0, 0.05) is 22.2 Å². The number of halogens is 1. The summed E-state index contributed by atoms with van der Waals surface area (Å²) in [5.74, 6) is -0.0402. The summed E-state index contributed by atoms with van der Waals surface area (Å²) in [6.45, 7) is 6.34. The summed E-state index contributed by atoms with van der Waals surface area (Å²) < 4.78 is 6.96. The van der Waals surface area contributed by atoms with Crippen molar-refractivity contribution in [1.82, 2.24) is 4.90 Å². The normalized spacial score (nSPS) is 24.5. The highest BCUT2D eigenvalue weighted by atomic mass is 127. The van der Waals surface area contributed by atoms with Gasteiger partial charge in [-0.3, -0.25) is 14.6 Å². The molecule has 2 heterocycles. The van der Waals surface area contributed by atoms with Gasteiger partial charge in [-0.05, 0) is 66.8 Å². The van der Waals surface area contributed by atoms with E-state index in [0.29, 0.717) is 12.4 Å². The van der Waals surface area contributed by atoms with Gasteiger partial charge >= 0.3 is 0 Å². The predicted molar refractivity (Wildman–Crippen MR) is 116 cm³/mol. The van der Waals surface area contributed by atoms with Crippen LogP contribution < -0.4 is 4.90 Å². The molecule has 0 N–H and O–H groups in total. The van der Waals surface area contributed by atoms with E-state index in [2.05, 4.69) is 46.3 Å². The molecule has 2 aliphatic heterocycles. The van der Waals surface area contributed by atoms with E-state index in [4.69, 9.17) is 4.74 Å². The molecule has 5 nitrogen and oxygen atoms in total. The van der Waals surface area contributed by atoms with Gasteiger partial charge in [0.1, 0.15) is 5.71 Å². The second kappa shape index (κ2) is 7.69. The maximum Gasteiger partial charge on any atom is 0.278 e. The SMILES string of the molecule is CC1CN(CN2C(=O)C(=Nc3ccc(I)cc3)c3ccccc32)CC(C)O1. The van der Waals surface area contributed by atoms with E-state index < -0.39 is 0 Å². The summed E-state index contributed by atoms with van der Waals surface area (Å²) in [7, 11) is 0. The van der Waals surface area contributed by atoms with Crippen LogP contribution in [0.25, 0.3) is 0 Å². The number of anilines is 1. The summed E-state index contributed by atoms with van der Waals surface area (Å²) in [4.78, 5) is 22.0. The Kier molecular flexibility index (Phi) is 5.29. The van der Waals surface area contributed by atoms with E-state index in [1.807, 2.05) is 53.4 Å². The average Bonchev–Trinajstić information content (AvgIpc) is 2.89. The molecule has 1 saturated heterocycles. The van der Waals surface area contributed by atoms with Crippen molar-refractivity contribution in [2.75, 3.05) is 24.7 Å². The van der Waals surface area contributed by atoms with Crippen LogP contribution in [0.1, 0.15) is 19.4 Å². The van der Waals surface area contributed by atoms with E-state index in [9.17, 15) is 4.79 Å². The maximum atomic E-state index is 13.2. The summed E-state index contributed by atoms with van der Waals surface area (Å²) in [6.07, 6.45) is 0.336. The molecule has 2 aromatic carbocycles. The van der Waals surface area contributed by atoms with Crippen molar-refractivity contribution in [3.63, 3.8) is 0 Å². The Bertz CT molecular complexity index is 871. The fourth-order valence-corrected chi connectivity index (χ4v) is 4.11. The van der Waals surface area contributed by atoms with Crippen LogP contribution in [0.2, 0.25) is 0 Å². The number of carbonyl (C=O) groups is 1. The Labute approximate surface area is 173 Å². The Hall–Kier alpha value is -1.77. The molecular formula is C21H22IN3O2. The molecule has 2 aromatic rings. The number of benzene rings is 2. The lowest BCUT2D eigenvalue weighted by Gasteiger charge is -2.37. The lowest BCUT2D eigenvalue weighted by Crippen LogP contribution is -2.50. The zero-order valence-electron chi connectivity index (χ0n) is 15.4. The summed E-state index contributed by atoms with van der Waals surface area (Å²) in [5, 5.41) is 0. The lowest BCUT2D eigenvalue weighted by molar-refractivity contribution is -0.113. The van der Waals surface area contributed by atoms with Gasteiger partial charge in [-0.25, -0.2) is 4.99 Å². The van der Waals surface area contributed by atoms with Crippen molar-refractivity contribution < 1.29 is 9.53 Å². The molecule has 1 amide bonds. The Morgan fingerprint density at radius 3 is 2.44 bits per heavy atom. The van der Waals surface area contributed by atoms with Gasteiger partial charge in [0.05, 0.1) is 30.3 Å². The van der Waals surface area contributed by atoms with Crippen LogP contribution >= 0.6 is 22.6 Å². The molecule has 4 rings (SSSR count). The number of amides is 1. The molecule has 2 atom stereocenters. The number of aliphatic imine (C=N–C) groups is 1. The van der Waals surface area contributed by atoms with Crippen LogP contribution in [0.15, 0.2) is 53.5 Å². The smallest absolute Gasteiger partial charge is 0.278 e. The highest BCUT2D eigenvalue weighted by Gasteiger charge is 2.35. The lowest BCUT2D eigenvalue weighted by atomic mass is 10.1. The number of hydrogen-bond donors (Lipinski definition) is 0. The third-order valence-electron chi connectivity index (χ3n) is 4.80. The standard InChI is InChI=1S/C21H22IN3O2/c1-14-11-24(12-15(2)27-14)13-25-19-6-4-3-5-18(19)20(21(25)26)23-17-9-7-16(22)8-10-17/h3-10,14-15H,11-13H2,1-2H3. The van der Waals surface area contributed by atoms with Crippen LogP contribution in [0.4, 0.5) is 11.4 Å². The summed E-state index contributed by atoms with van der Waals surface area (Å²) in [5.41, 5.74) is 3.14. The zero-order valence-corrected chi connectivity index (χ0v) is 17.6. The fraction of sp³-hybridized carbons (Fsp3) is 0.333. The Balaban J connectivity index is 1.64. The highest BCUT2D eigenvalue weighted by molar-refractivity contribution is 14.1. The van der Waals surface area contributed by atoms with Gasteiger partial charge in [-0.15, -0.1) is 0 Å². The summed E-state index contributed by atoms with van der Waals surface area (Å²) in [6, 6.07) is 15.8. The first kappa shape index (κ1) is 18.6. The number of nitrogens with zero attached hydrogens (tertiary/aromatic N) is 3. The molecule has 2 aliphatic rings. The first-order valence-corrected chi connectivity index (χ1v) is 10.2. The van der Waals surface area contributed by atoms with Gasteiger partial charge < -0.3 is 4.74 Å². The van der Waals surface area contributed by atoms with Crippen molar-refractivity contribution in [2.24, 2.45) is 4.99 Å². The third kappa shape index (κ3) is 3.93. The minimum Gasteiger partial charge on any atom is -0.373 e. The van der Waals surface area contributed by atoms with E-state index in [1.165, 1.54) is 0 Å². The van der Waals surface area contributed by atoms with Gasteiger partial charge in [-0.1, -0.05) is 18.2 Å². The molecule has 0 spiro atoms. The molecule has 0 aromatic heterocycles. The first-order valence-electron chi connectivity index (χ1n) is 9.14. The van der Waals surface area contributed by atoms with Crippen LogP contribution in [0, 0.1) is 3.57 Å². The molecule has 0 radical (unpaired) electrons. The van der Waals surface area contributed by atoms with E-state index >= 15 is 0 Å². The van der Waals surface area contributed by atoms with Crippen LogP contribution in [0.5, 0.6) is 0 Å². The zero-order chi connectivity index (χ0) is 19.0. The topological polar surface area (TPSA) is 45.1 Å². The fourth-order valence-electron chi connectivity index (χ4n) is 3.75. The summed E-state index contributed by atoms with van der Waals surface area (Å²) >= 11 is 2.26. The quantitative estimate of drug-likeness (QED) is 0.635. The molecule has 1 fully saturated rings. The van der Waals surface area contributed by atoms with Crippen molar-refractivity contribution in [1.29, 1.82) is 0 Å². The second-order valence-electron chi connectivity index (χ2n) is 7.12. The molecule has 140 valence electrons.